The molecule has 0 unspecified atom stereocenters. The first-order valence-electron chi connectivity index (χ1n) is 1.11. The van der Waals surface area contributed by atoms with E-state index in [9.17, 15) is 4.79 Å². The number of allylic oxidation sites excluding steroid dienone is 1. The van der Waals surface area contributed by atoms with Crippen molar-refractivity contribution in [1.82, 2.24) is 0 Å². The maximum Gasteiger partial charge on any atom is 0 e. The van der Waals surface area contributed by atoms with Crippen molar-refractivity contribution in [3.8, 4) is 0 Å². The molecule has 0 spiro atoms. The predicted molar refractivity (Wildman–Crippen MR) is 15.2 cm³/mol. The summed E-state index contributed by atoms with van der Waals surface area (Å²) in [6, 6.07) is 0. The van der Waals surface area contributed by atoms with Crippen LogP contribution < -0.4 is 0 Å². The summed E-state index contributed by atoms with van der Waals surface area (Å²) in [5, 5.41) is 0. The zero-order valence-electron chi connectivity index (χ0n) is 3.01. The average Bonchev–Trinajstić information content (AvgIpc) is 1.38. The largest absolute Gasteiger partial charge is 0 e. The van der Waals surface area contributed by atoms with Crippen LogP contribution in [-0.2, 0) is 45.7 Å². The van der Waals surface area contributed by atoms with Gasteiger partial charge in [0.05, 0.1) is 0 Å². The Morgan fingerprint density at radius 2 is 2.00 bits per heavy atom. The van der Waals surface area contributed by atoms with Crippen molar-refractivity contribution < 1.29 is 45.7 Å². The summed E-state index contributed by atoms with van der Waals surface area (Å²) >= 11 is 1.40. The first-order chi connectivity index (χ1) is 2.27. The first-order valence-corrected chi connectivity index (χ1v) is 2.11. The third kappa shape index (κ3) is 8.84. The van der Waals surface area contributed by atoms with Gasteiger partial charge in [0.15, 0.2) is 0 Å². The van der Waals surface area contributed by atoms with Gasteiger partial charge in [-0.15, -0.1) is 0 Å². The topological polar surface area (TPSA) is 17.1 Å². The fourth-order valence-electron chi connectivity index (χ4n) is 0. The van der Waals surface area contributed by atoms with E-state index in [-0.39, 0.29) is 25.2 Å². The minimum absolute atomic E-state index is 0. The van der Waals surface area contributed by atoms with Crippen molar-refractivity contribution in [2.45, 2.75) is 0 Å². The maximum atomic E-state index is 9.70. The molecule has 6 heavy (non-hydrogen) atoms. The minimum Gasteiger partial charge on any atom is 0 e. The third-order valence-corrected chi connectivity index (χ3v) is 0.576. The molecule has 0 rings (SSSR count). The van der Waals surface area contributed by atoms with E-state index in [0.717, 1.165) is 0 Å². The summed E-state index contributed by atoms with van der Waals surface area (Å²) in [5.74, 6) is 0. The Balaban J connectivity index is 0. The van der Waals surface area contributed by atoms with E-state index in [1.165, 1.54) is 25.9 Å². The monoisotopic (exact) mass is 251 g/mol. The standard InChI is InChI=1S/C3H3O.2Mo/c1-2-3-4;;/h2H,1H2;;. The van der Waals surface area contributed by atoms with E-state index in [4.69, 9.17) is 0 Å². The average molecular weight is 247 g/mol. The van der Waals surface area contributed by atoms with Gasteiger partial charge in [0.1, 0.15) is 0 Å². The van der Waals surface area contributed by atoms with Crippen LogP contribution in [0.15, 0.2) is 12.7 Å². The predicted octanol–water partition coefficient (Wildman–Crippen LogP) is 0.243. The van der Waals surface area contributed by atoms with Gasteiger partial charge in [-0.25, -0.2) is 0 Å². The van der Waals surface area contributed by atoms with Crippen LogP contribution in [0.25, 0.3) is 0 Å². The number of hydrogen-bond acceptors (Lipinski definition) is 1. The summed E-state index contributed by atoms with van der Waals surface area (Å²) in [6.07, 6.45) is 1.28. The number of rotatable bonds is 1. The molecule has 0 aromatic rings. The quantitative estimate of drug-likeness (QED) is 0.479. The fraction of sp³-hybridized carbons (Fsp3) is 0. The zero-order chi connectivity index (χ0) is 4.28. The fourth-order valence-corrected chi connectivity index (χ4v) is 0. The van der Waals surface area contributed by atoms with Crippen molar-refractivity contribution in [3.63, 3.8) is 0 Å². The molecule has 3 heteroatoms. The molecule has 0 heterocycles. The second-order valence-electron chi connectivity index (χ2n) is 0.523. The van der Waals surface area contributed by atoms with E-state index in [2.05, 4.69) is 6.58 Å². The van der Waals surface area contributed by atoms with Crippen LogP contribution in [0.5, 0.6) is 0 Å². The molecule has 0 bridgehead atoms. The first kappa shape index (κ1) is 9.92. The molecule has 1 nitrogen and oxygen atoms in total. The van der Waals surface area contributed by atoms with E-state index >= 15 is 0 Å². The molecular formula is C3H3Mo2O. The van der Waals surface area contributed by atoms with Crippen LogP contribution >= 0.6 is 0 Å². The second-order valence-corrected chi connectivity index (χ2v) is 1.51. The van der Waals surface area contributed by atoms with Gasteiger partial charge in [-0.2, -0.15) is 0 Å². The molecule has 0 aromatic heterocycles. The third-order valence-electron chi connectivity index (χ3n) is 0.167. The SMILES string of the molecule is C=C[C](=O)[Mo].[Mo]. The Bertz CT molecular complexity index is 59.8. The molecule has 0 saturated carbocycles. The van der Waals surface area contributed by atoms with Crippen LogP contribution in [0, 0.1) is 0 Å². The van der Waals surface area contributed by atoms with E-state index in [0.29, 0.717) is 0 Å². The molecule has 0 aliphatic heterocycles. The molecule has 33 valence electrons. The van der Waals surface area contributed by atoms with Gasteiger partial charge in [-0.05, 0) is 0 Å². The van der Waals surface area contributed by atoms with Crippen molar-refractivity contribution in [2.24, 2.45) is 0 Å². The summed E-state index contributed by atoms with van der Waals surface area (Å²) in [4.78, 5) is 9.70. The van der Waals surface area contributed by atoms with Crippen LogP contribution in [0.1, 0.15) is 0 Å². The number of hydrogen-bond donors (Lipinski definition) is 0. The van der Waals surface area contributed by atoms with Crippen LogP contribution in [0.4, 0.5) is 0 Å². The van der Waals surface area contributed by atoms with Crippen molar-refractivity contribution in [1.29, 1.82) is 0 Å². The maximum absolute atomic E-state index is 9.70. The summed E-state index contributed by atoms with van der Waals surface area (Å²) in [6.45, 7) is 3.21. The molecule has 0 radical (unpaired) electrons. The Labute approximate surface area is 62.4 Å². The summed E-state index contributed by atoms with van der Waals surface area (Å²) < 4.78 is 0.0285. The second kappa shape index (κ2) is 5.79. The van der Waals surface area contributed by atoms with Crippen molar-refractivity contribution in [2.75, 3.05) is 0 Å². The van der Waals surface area contributed by atoms with Gasteiger partial charge in [-0.1, -0.05) is 0 Å². The molecule has 0 saturated heterocycles. The van der Waals surface area contributed by atoms with Crippen molar-refractivity contribution in [3.05, 3.63) is 12.7 Å². The van der Waals surface area contributed by atoms with Crippen LogP contribution in [0.2, 0.25) is 0 Å². The van der Waals surface area contributed by atoms with Crippen LogP contribution in [-0.4, -0.2) is 4.17 Å². The number of carbonyl (C=O) groups excluding carboxylic acids is 1. The molecule has 0 aliphatic rings. The smallest absolute Gasteiger partial charge is 0 e. The zero-order valence-corrected chi connectivity index (χ0v) is 7.02. The molecule has 0 N–H and O–H groups in total. The van der Waals surface area contributed by atoms with Gasteiger partial charge < -0.3 is 0 Å². The molecular weight excluding hydrogens is 244 g/mol. The van der Waals surface area contributed by atoms with Gasteiger partial charge >= 0.3 is 41.4 Å². The Morgan fingerprint density at radius 1 is 1.83 bits per heavy atom. The van der Waals surface area contributed by atoms with E-state index in [1.807, 2.05) is 0 Å². The molecule has 0 amide bonds. The minimum atomic E-state index is 0. The number of carbonyl (C=O) groups is 1. The Kier molecular flexibility index (Phi) is 9.57. The molecule has 0 fully saturated rings. The van der Waals surface area contributed by atoms with Crippen molar-refractivity contribution >= 4 is 4.17 Å². The molecule has 0 aliphatic carbocycles. The van der Waals surface area contributed by atoms with Gasteiger partial charge in [0, 0.05) is 21.1 Å². The summed E-state index contributed by atoms with van der Waals surface area (Å²) in [5.41, 5.74) is 0. The van der Waals surface area contributed by atoms with Gasteiger partial charge in [-0.3, -0.25) is 0 Å². The molecule has 0 aromatic carbocycles. The van der Waals surface area contributed by atoms with E-state index in [1.54, 1.807) is 0 Å². The normalized spacial score (nSPS) is 5.33. The Hall–Kier alpha value is 0.787. The summed E-state index contributed by atoms with van der Waals surface area (Å²) in [7, 11) is 0. The molecule has 0 atom stereocenters. The Morgan fingerprint density at radius 3 is 2.00 bits per heavy atom. The van der Waals surface area contributed by atoms with Gasteiger partial charge in [0.25, 0.3) is 0 Å². The van der Waals surface area contributed by atoms with Crippen LogP contribution in [0.3, 0.4) is 0 Å². The van der Waals surface area contributed by atoms with Gasteiger partial charge in [0.2, 0.25) is 0 Å². The van der Waals surface area contributed by atoms with E-state index < -0.39 is 0 Å².